The predicted octanol–water partition coefficient (Wildman–Crippen LogP) is 6.35. The van der Waals surface area contributed by atoms with Crippen LogP contribution >= 0.6 is 0 Å². The van der Waals surface area contributed by atoms with Gasteiger partial charge in [-0.3, -0.25) is 4.79 Å². The van der Waals surface area contributed by atoms with Gasteiger partial charge in [0.25, 0.3) is 5.91 Å². The van der Waals surface area contributed by atoms with E-state index in [0.29, 0.717) is 24.6 Å². The Hall–Kier alpha value is -2.70. The Kier molecular flexibility index (Phi) is 8.36. The second-order valence-corrected chi connectivity index (χ2v) is 6.72. The summed E-state index contributed by atoms with van der Waals surface area (Å²) in [5.74, 6) is 0.00999. The van der Waals surface area contributed by atoms with Crippen LogP contribution in [0.4, 0.5) is 24.5 Å². The molecular formula is C22H27F3N2O2. The molecule has 0 saturated heterocycles. The molecule has 0 bridgehead atoms. The summed E-state index contributed by atoms with van der Waals surface area (Å²) in [7, 11) is 0. The topological polar surface area (TPSA) is 50.4 Å². The maximum absolute atomic E-state index is 13.5. The van der Waals surface area contributed by atoms with Crippen molar-refractivity contribution in [2.24, 2.45) is 0 Å². The Balaban J connectivity index is 2.12. The Labute approximate surface area is 169 Å². The SMILES string of the molecule is CCCCNc1ccc(NC(=O)c2ccc(OCCCC)cc2)c(C(F)(F)F)c1. The van der Waals surface area contributed by atoms with Crippen LogP contribution in [0.5, 0.6) is 5.75 Å². The van der Waals surface area contributed by atoms with Crippen LogP contribution < -0.4 is 15.4 Å². The summed E-state index contributed by atoms with van der Waals surface area (Å²) in [5, 5.41) is 5.34. The molecular weight excluding hydrogens is 381 g/mol. The molecule has 2 N–H and O–H groups in total. The van der Waals surface area contributed by atoms with E-state index in [2.05, 4.69) is 17.6 Å². The third-order valence-corrected chi connectivity index (χ3v) is 4.32. The summed E-state index contributed by atoms with van der Waals surface area (Å²) < 4.78 is 46.0. The number of carbonyl (C=O) groups is 1. The number of nitrogens with one attached hydrogen (secondary N) is 2. The number of hydrogen-bond acceptors (Lipinski definition) is 3. The Morgan fingerprint density at radius 1 is 1.00 bits per heavy atom. The molecule has 0 radical (unpaired) electrons. The number of anilines is 2. The van der Waals surface area contributed by atoms with Crippen molar-refractivity contribution in [2.75, 3.05) is 23.8 Å². The van der Waals surface area contributed by atoms with E-state index in [4.69, 9.17) is 4.74 Å². The molecule has 4 nitrogen and oxygen atoms in total. The molecule has 29 heavy (non-hydrogen) atoms. The average Bonchev–Trinajstić information content (AvgIpc) is 2.69. The lowest BCUT2D eigenvalue weighted by Gasteiger charge is -2.16. The summed E-state index contributed by atoms with van der Waals surface area (Å²) in [4.78, 5) is 12.4. The second-order valence-electron chi connectivity index (χ2n) is 6.72. The molecule has 7 heteroatoms. The van der Waals surface area contributed by atoms with Gasteiger partial charge in [0, 0.05) is 17.8 Å². The number of halogens is 3. The average molecular weight is 408 g/mol. The zero-order valence-electron chi connectivity index (χ0n) is 16.7. The van der Waals surface area contributed by atoms with Crippen molar-refractivity contribution >= 4 is 17.3 Å². The van der Waals surface area contributed by atoms with E-state index in [1.165, 1.54) is 24.3 Å². The minimum atomic E-state index is -4.58. The van der Waals surface area contributed by atoms with Crippen molar-refractivity contribution in [1.29, 1.82) is 0 Å². The molecule has 2 rings (SSSR count). The van der Waals surface area contributed by atoms with E-state index in [1.54, 1.807) is 12.1 Å². The van der Waals surface area contributed by atoms with Crippen LogP contribution in [0, 0.1) is 0 Å². The molecule has 2 aromatic rings. The maximum atomic E-state index is 13.5. The zero-order chi connectivity index (χ0) is 21.3. The van der Waals surface area contributed by atoms with E-state index < -0.39 is 17.6 Å². The fourth-order valence-electron chi connectivity index (χ4n) is 2.64. The van der Waals surface area contributed by atoms with Gasteiger partial charge >= 0.3 is 6.18 Å². The van der Waals surface area contributed by atoms with Gasteiger partial charge in [0.1, 0.15) is 5.75 Å². The number of ether oxygens (including phenoxy) is 1. The smallest absolute Gasteiger partial charge is 0.418 e. The molecule has 0 aliphatic rings. The van der Waals surface area contributed by atoms with Crippen molar-refractivity contribution in [3.05, 3.63) is 53.6 Å². The Morgan fingerprint density at radius 2 is 1.69 bits per heavy atom. The highest BCUT2D eigenvalue weighted by molar-refractivity contribution is 6.04. The molecule has 0 aromatic heterocycles. The van der Waals surface area contributed by atoms with Gasteiger partial charge in [0.05, 0.1) is 17.9 Å². The number of carbonyl (C=O) groups excluding carboxylic acids is 1. The molecule has 0 spiro atoms. The van der Waals surface area contributed by atoms with E-state index in [0.717, 1.165) is 31.7 Å². The number of benzene rings is 2. The molecule has 0 aliphatic heterocycles. The highest BCUT2D eigenvalue weighted by Gasteiger charge is 2.34. The van der Waals surface area contributed by atoms with Gasteiger partial charge in [-0.1, -0.05) is 26.7 Å². The number of rotatable bonds is 10. The second kappa shape index (κ2) is 10.7. The molecule has 158 valence electrons. The predicted molar refractivity (Wildman–Crippen MR) is 110 cm³/mol. The van der Waals surface area contributed by atoms with Crippen LogP contribution in [-0.2, 0) is 6.18 Å². The summed E-state index contributed by atoms with van der Waals surface area (Å²) in [6, 6.07) is 10.2. The lowest BCUT2D eigenvalue weighted by atomic mass is 10.1. The molecule has 0 atom stereocenters. The maximum Gasteiger partial charge on any atom is 0.418 e. The van der Waals surface area contributed by atoms with Crippen LogP contribution in [0.1, 0.15) is 55.5 Å². The van der Waals surface area contributed by atoms with Crippen LogP contribution in [0.25, 0.3) is 0 Å². The number of alkyl halides is 3. The Bertz CT molecular complexity index is 790. The fourth-order valence-corrected chi connectivity index (χ4v) is 2.64. The van der Waals surface area contributed by atoms with Gasteiger partial charge in [0.15, 0.2) is 0 Å². The van der Waals surface area contributed by atoms with E-state index in [-0.39, 0.29) is 11.3 Å². The minimum absolute atomic E-state index is 0.256. The molecule has 0 aliphatic carbocycles. The lowest BCUT2D eigenvalue weighted by molar-refractivity contribution is -0.136. The minimum Gasteiger partial charge on any atom is -0.494 e. The highest BCUT2D eigenvalue weighted by Crippen LogP contribution is 2.36. The highest BCUT2D eigenvalue weighted by atomic mass is 19.4. The number of amides is 1. The van der Waals surface area contributed by atoms with Crippen LogP contribution in [-0.4, -0.2) is 19.1 Å². The fraction of sp³-hybridized carbons (Fsp3) is 0.409. The van der Waals surface area contributed by atoms with Gasteiger partial charge < -0.3 is 15.4 Å². The van der Waals surface area contributed by atoms with Crippen LogP contribution in [0.15, 0.2) is 42.5 Å². The van der Waals surface area contributed by atoms with Crippen LogP contribution in [0.2, 0.25) is 0 Å². The standard InChI is InChI=1S/C22H27F3N2O2/c1-3-5-13-26-17-9-12-20(19(15-17)22(23,24)25)27-21(28)16-7-10-18(11-8-16)29-14-6-4-2/h7-12,15,26H,3-6,13-14H2,1-2H3,(H,27,28). The zero-order valence-corrected chi connectivity index (χ0v) is 16.7. The van der Waals surface area contributed by atoms with Gasteiger partial charge in [-0.2, -0.15) is 13.2 Å². The molecule has 0 fully saturated rings. The third kappa shape index (κ3) is 7.00. The van der Waals surface area contributed by atoms with Gasteiger partial charge in [-0.25, -0.2) is 0 Å². The summed E-state index contributed by atoms with van der Waals surface area (Å²) >= 11 is 0. The van der Waals surface area contributed by atoms with Gasteiger partial charge in [0.2, 0.25) is 0 Å². The summed E-state index contributed by atoms with van der Waals surface area (Å²) in [5.41, 5.74) is -0.526. The first-order valence-corrected chi connectivity index (χ1v) is 9.84. The third-order valence-electron chi connectivity index (χ3n) is 4.32. The molecule has 2 aromatic carbocycles. The summed E-state index contributed by atoms with van der Waals surface area (Å²) in [6.07, 6.45) is -0.851. The van der Waals surface area contributed by atoms with E-state index >= 15 is 0 Å². The van der Waals surface area contributed by atoms with Gasteiger partial charge in [-0.05, 0) is 55.3 Å². The number of unbranched alkanes of at least 4 members (excludes halogenated alkanes) is 2. The largest absolute Gasteiger partial charge is 0.494 e. The number of hydrogen-bond donors (Lipinski definition) is 2. The van der Waals surface area contributed by atoms with Gasteiger partial charge in [-0.15, -0.1) is 0 Å². The Morgan fingerprint density at radius 3 is 2.31 bits per heavy atom. The quantitative estimate of drug-likeness (QED) is 0.451. The van der Waals surface area contributed by atoms with Crippen molar-refractivity contribution in [3.8, 4) is 5.75 Å². The first-order chi connectivity index (χ1) is 13.8. The first-order valence-electron chi connectivity index (χ1n) is 9.84. The molecule has 0 unspecified atom stereocenters. The summed E-state index contributed by atoms with van der Waals surface area (Å²) in [6.45, 7) is 5.23. The van der Waals surface area contributed by atoms with Crippen molar-refractivity contribution in [3.63, 3.8) is 0 Å². The van der Waals surface area contributed by atoms with Crippen molar-refractivity contribution in [2.45, 2.75) is 45.7 Å². The van der Waals surface area contributed by atoms with Crippen molar-refractivity contribution < 1.29 is 22.7 Å². The lowest BCUT2D eigenvalue weighted by Crippen LogP contribution is -2.17. The van der Waals surface area contributed by atoms with E-state index in [9.17, 15) is 18.0 Å². The molecule has 1 amide bonds. The van der Waals surface area contributed by atoms with Crippen LogP contribution in [0.3, 0.4) is 0 Å². The van der Waals surface area contributed by atoms with E-state index in [1.807, 2.05) is 6.92 Å². The van der Waals surface area contributed by atoms with Crippen molar-refractivity contribution in [1.82, 2.24) is 0 Å². The molecule has 0 heterocycles. The molecule has 0 saturated carbocycles. The normalized spacial score (nSPS) is 11.2. The first kappa shape index (κ1) is 22.6. The monoisotopic (exact) mass is 408 g/mol.